The summed E-state index contributed by atoms with van der Waals surface area (Å²) in [5.74, 6) is -7.22. The predicted octanol–water partition coefficient (Wildman–Crippen LogP) is 6.97. The number of carboxylic acid groups (broad SMARTS) is 1. The van der Waals surface area contributed by atoms with Crippen molar-refractivity contribution in [2.45, 2.75) is 168 Å². The standard InChI is InChI=1S/C40H67NO10.C3H6/c1-26(20-28(3)21-29(4)36(43)25-32(42)18-17-27(2)22-31-13-11-15-34(24-31)51-7)12-10-14-33(50-6)23-30(5)40(48,49)37(44)38(45)41-19-9-8-16-35(41)39(46)47;1-3-2/h21-22,26,29-35,42,48-49H,8-20,23-25H2,1-7H3,(H,46,47);3H,1H2,2H3/b27-22+,28-21+;/t26-,29?,30-,31+,32-,33-,34+,35+;/m1./s1. The molecule has 0 aromatic carbocycles. The van der Waals surface area contributed by atoms with Crippen LogP contribution in [0.4, 0.5) is 0 Å². The van der Waals surface area contributed by atoms with Crippen LogP contribution in [0.2, 0.25) is 0 Å². The van der Waals surface area contributed by atoms with E-state index in [1.165, 1.54) is 32.4 Å². The number of Topliss-reactive ketones (excluding diaryl/α,β-unsaturated/α-hetero) is 2. The van der Waals surface area contributed by atoms with E-state index in [-0.39, 0.29) is 43.6 Å². The lowest BCUT2D eigenvalue weighted by atomic mass is 9.85. The fourth-order valence-corrected chi connectivity index (χ4v) is 7.71. The quantitative estimate of drug-likeness (QED) is 0.0513. The normalized spacial score (nSPS) is 22.6. The summed E-state index contributed by atoms with van der Waals surface area (Å²) in [6.45, 7) is 14.9. The molecule has 2 aliphatic rings. The van der Waals surface area contributed by atoms with Crippen molar-refractivity contribution in [1.29, 1.82) is 0 Å². The molecule has 0 bridgehead atoms. The number of aliphatic hydroxyl groups excluding tert-OH is 1. The molecular formula is C43H73NO10. The number of nitrogens with zero attached hydrogens (tertiary/aromatic N) is 1. The van der Waals surface area contributed by atoms with E-state index in [0.29, 0.717) is 43.6 Å². The molecule has 4 N–H and O–H groups in total. The molecule has 1 aliphatic heterocycles. The fraction of sp³-hybridized carbons (Fsp3) is 0.767. The second-order valence-electron chi connectivity index (χ2n) is 16.0. The van der Waals surface area contributed by atoms with Crippen LogP contribution >= 0.6 is 0 Å². The molecule has 11 heteroatoms. The second-order valence-corrected chi connectivity index (χ2v) is 16.0. The van der Waals surface area contributed by atoms with Gasteiger partial charge in [-0.25, -0.2) is 4.79 Å². The van der Waals surface area contributed by atoms with E-state index in [2.05, 4.69) is 26.5 Å². The van der Waals surface area contributed by atoms with Gasteiger partial charge in [0.15, 0.2) is 0 Å². The monoisotopic (exact) mass is 764 g/mol. The molecule has 54 heavy (non-hydrogen) atoms. The lowest BCUT2D eigenvalue weighted by molar-refractivity contribution is -0.208. The summed E-state index contributed by atoms with van der Waals surface area (Å²) in [4.78, 5) is 51.2. The zero-order valence-electron chi connectivity index (χ0n) is 34.6. The van der Waals surface area contributed by atoms with Gasteiger partial charge in [-0.3, -0.25) is 14.4 Å². The van der Waals surface area contributed by atoms with Crippen LogP contribution in [0, 0.1) is 23.7 Å². The number of methoxy groups -OCH3 is 2. The number of hydrogen-bond donors (Lipinski definition) is 4. The SMILES string of the molecule is C=CC.CO[C@H](CCC[C@@H](C)C/C(C)=C/C(C)C(=O)C[C@H](O)CC/C(C)=C/[C@@H]1CCC[C@H](OC)C1)C[C@@H](C)C(O)(O)C(=O)C(=O)N1CCCC[C@H]1C(=O)O. The minimum Gasteiger partial charge on any atom is -0.480 e. The number of aliphatic hydroxyl groups is 3. The van der Waals surface area contributed by atoms with Crippen LogP contribution in [0.3, 0.4) is 0 Å². The van der Waals surface area contributed by atoms with E-state index in [9.17, 15) is 39.6 Å². The number of hydrogen-bond acceptors (Lipinski definition) is 9. The molecule has 0 spiro atoms. The minimum absolute atomic E-state index is 0.0325. The Kier molecular flexibility index (Phi) is 23.2. The summed E-state index contributed by atoms with van der Waals surface area (Å²) in [7, 11) is 3.29. The number of ketones is 2. The zero-order chi connectivity index (χ0) is 41.0. The van der Waals surface area contributed by atoms with Gasteiger partial charge in [0.1, 0.15) is 11.8 Å². The van der Waals surface area contributed by atoms with Gasteiger partial charge < -0.3 is 34.8 Å². The van der Waals surface area contributed by atoms with Gasteiger partial charge in [0, 0.05) is 39.0 Å². The third kappa shape index (κ3) is 17.4. The van der Waals surface area contributed by atoms with Crippen LogP contribution in [0.1, 0.15) is 138 Å². The third-order valence-corrected chi connectivity index (χ3v) is 11.0. The highest BCUT2D eigenvalue weighted by molar-refractivity contribution is 6.39. The maximum absolute atomic E-state index is 12.9. The Hall–Kier alpha value is -2.70. The smallest absolute Gasteiger partial charge is 0.326 e. The molecule has 1 saturated carbocycles. The number of carbonyl (C=O) groups is 4. The molecule has 1 amide bonds. The Bertz CT molecular complexity index is 1240. The Labute approximate surface area is 325 Å². The first-order chi connectivity index (χ1) is 25.4. The van der Waals surface area contributed by atoms with Crippen LogP contribution in [0.25, 0.3) is 0 Å². The Morgan fingerprint density at radius 2 is 1.61 bits per heavy atom. The number of allylic oxidation sites excluding steroid dienone is 5. The Balaban J connectivity index is 0.00000469. The molecule has 1 aliphatic carbocycles. The lowest BCUT2D eigenvalue weighted by Crippen LogP contribution is -2.57. The Morgan fingerprint density at radius 3 is 2.22 bits per heavy atom. The number of likely N-dealkylation sites (tertiary alicyclic amines) is 1. The van der Waals surface area contributed by atoms with Crippen LogP contribution < -0.4 is 0 Å². The molecule has 1 heterocycles. The average molecular weight is 764 g/mol. The first kappa shape index (κ1) is 49.3. The first-order valence-corrected chi connectivity index (χ1v) is 20.1. The second kappa shape index (κ2) is 25.5. The summed E-state index contributed by atoms with van der Waals surface area (Å²) in [6, 6.07) is -1.16. The number of piperidine rings is 1. The van der Waals surface area contributed by atoms with Crippen molar-refractivity contribution in [3.05, 3.63) is 36.0 Å². The maximum atomic E-state index is 12.9. The zero-order valence-corrected chi connectivity index (χ0v) is 34.6. The molecule has 11 nitrogen and oxygen atoms in total. The van der Waals surface area contributed by atoms with Gasteiger partial charge in [-0.05, 0) is 103 Å². The van der Waals surface area contributed by atoms with Gasteiger partial charge in [0.05, 0.1) is 18.3 Å². The molecule has 2 fully saturated rings. The number of amides is 1. The molecule has 2 rings (SSSR count). The summed E-state index contributed by atoms with van der Waals surface area (Å²) < 4.78 is 11.1. The first-order valence-electron chi connectivity index (χ1n) is 20.1. The van der Waals surface area contributed by atoms with Crippen molar-refractivity contribution in [2.24, 2.45) is 23.7 Å². The van der Waals surface area contributed by atoms with Gasteiger partial charge in [0.2, 0.25) is 5.79 Å². The molecule has 1 unspecified atom stereocenters. The van der Waals surface area contributed by atoms with Crippen LogP contribution in [-0.4, -0.2) is 99.7 Å². The van der Waals surface area contributed by atoms with Crippen molar-refractivity contribution in [1.82, 2.24) is 4.90 Å². The van der Waals surface area contributed by atoms with E-state index in [1.54, 1.807) is 13.2 Å². The van der Waals surface area contributed by atoms with Crippen molar-refractivity contribution in [3.8, 4) is 0 Å². The van der Waals surface area contributed by atoms with Gasteiger partial charge in [-0.2, -0.15) is 0 Å². The lowest BCUT2D eigenvalue weighted by Gasteiger charge is -2.35. The van der Waals surface area contributed by atoms with Crippen molar-refractivity contribution >= 4 is 23.4 Å². The van der Waals surface area contributed by atoms with Gasteiger partial charge in [-0.15, -0.1) is 6.58 Å². The summed E-state index contributed by atoms with van der Waals surface area (Å²) in [6.07, 6.45) is 15.9. The largest absolute Gasteiger partial charge is 0.480 e. The maximum Gasteiger partial charge on any atom is 0.326 e. The van der Waals surface area contributed by atoms with E-state index >= 15 is 0 Å². The van der Waals surface area contributed by atoms with Crippen molar-refractivity contribution in [3.63, 3.8) is 0 Å². The fourth-order valence-electron chi connectivity index (χ4n) is 7.71. The van der Waals surface area contributed by atoms with Crippen LogP contribution in [-0.2, 0) is 28.7 Å². The summed E-state index contributed by atoms with van der Waals surface area (Å²) >= 11 is 0. The number of aliphatic carboxylic acids is 1. The van der Waals surface area contributed by atoms with Crippen molar-refractivity contribution < 1.29 is 49.1 Å². The molecule has 0 radical (unpaired) electrons. The number of ether oxygens (including phenoxy) is 2. The highest BCUT2D eigenvalue weighted by Gasteiger charge is 2.47. The van der Waals surface area contributed by atoms with E-state index in [0.717, 1.165) is 49.0 Å². The predicted molar refractivity (Wildman–Crippen MR) is 212 cm³/mol. The molecule has 0 aromatic heterocycles. The molecule has 0 aromatic rings. The summed E-state index contributed by atoms with van der Waals surface area (Å²) in [5.41, 5.74) is 2.37. The number of carboxylic acids is 1. The molecule has 8 atom stereocenters. The van der Waals surface area contributed by atoms with E-state index in [4.69, 9.17) is 9.47 Å². The molecule has 1 saturated heterocycles. The van der Waals surface area contributed by atoms with Crippen molar-refractivity contribution in [2.75, 3.05) is 20.8 Å². The topological polar surface area (TPSA) is 171 Å². The minimum atomic E-state index is -2.95. The number of rotatable bonds is 22. The highest BCUT2D eigenvalue weighted by atomic mass is 16.5. The average Bonchev–Trinajstić information content (AvgIpc) is 3.12. The number of carbonyl (C=O) groups excluding carboxylic acids is 3. The van der Waals surface area contributed by atoms with Crippen LogP contribution in [0.5, 0.6) is 0 Å². The summed E-state index contributed by atoms with van der Waals surface area (Å²) in [5, 5.41) is 41.5. The Morgan fingerprint density at radius 1 is 0.944 bits per heavy atom. The van der Waals surface area contributed by atoms with Gasteiger partial charge in [0.25, 0.3) is 11.7 Å². The van der Waals surface area contributed by atoms with Gasteiger partial charge >= 0.3 is 5.97 Å². The van der Waals surface area contributed by atoms with E-state index in [1.807, 2.05) is 26.8 Å². The van der Waals surface area contributed by atoms with E-state index < -0.39 is 41.5 Å². The highest BCUT2D eigenvalue weighted by Crippen LogP contribution is 2.30. The van der Waals surface area contributed by atoms with Gasteiger partial charge in [-0.1, -0.05) is 69.4 Å². The van der Waals surface area contributed by atoms with Crippen LogP contribution in [0.15, 0.2) is 36.0 Å². The molecule has 310 valence electrons. The molecular weight excluding hydrogens is 690 g/mol. The third-order valence-electron chi connectivity index (χ3n) is 11.0.